The molecule has 0 aliphatic carbocycles. The van der Waals surface area contributed by atoms with Crippen molar-refractivity contribution in [3.63, 3.8) is 0 Å². The number of fused-ring (bicyclic) bond motifs is 1. The molecule has 2 amide bonds. The Kier molecular flexibility index (Phi) is 6.11. The molecule has 0 radical (unpaired) electrons. The van der Waals surface area contributed by atoms with E-state index in [0.29, 0.717) is 41.6 Å². The van der Waals surface area contributed by atoms with Crippen LogP contribution in [0.15, 0.2) is 30.3 Å². The van der Waals surface area contributed by atoms with E-state index in [1.807, 2.05) is 18.2 Å². The minimum Gasteiger partial charge on any atom is -0.493 e. The minimum atomic E-state index is -0.361. The summed E-state index contributed by atoms with van der Waals surface area (Å²) in [6, 6.07) is 8.95. The summed E-state index contributed by atoms with van der Waals surface area (Å²) in [7, 11) is 5.83. The van der Waals surface area contributed by atoms with Crippen molar-refractivity contribution in [3.05, 3.63) is 47.0 Å². The number of anilines is 1. The first-order valence-corrected chi connectivity index (χ1v) is 9.07. The maximum Gasteiger partial charge on any atom is 0.409 e. The van der Waals surface area contributed by atoms with Gasteiger partial charge in [-0.2, -0.15) is 0 Å². The third kappa shape index (κ3) is 4.06. The van der Waals surface area contributed by atoms with Crippen LogP contribution in [0.2, 0.25) is 0 Å². The van der Waals surface area contributed by atoms with Crippen LogP contribution in [0.1, 0.15) is 21.5 Å². The molecule has 3 rings (SSSR count). The van der Waals surface area contributed by atoms with Gasteiger partial charge in [-0.1, -0.05) is 6.07 Å². The number of nitrogens with zero attached hydrogens (tertiary/aromatic N) is 1. The predicted molar refractivity (Wildman–Crippen MR) is 107 cm³/mol. The van der Waals surface area contributed by atoms with E-state index in [4.69, 9.17) is 18.9 Å². The first kappa shape index (κ1) is 20.3. The van der Waals surface area contributed by atoms with Crippen molar-refractivity contribution < 1.29 is 28.5 Å². The Morgan fingerprint density at radius 3 is 2.34 bits per heavy atom. The molecule has 0 saturated heterocycles. The molecular formula is C21H24N2O6. The van der Waals surface area contributed by atoms with E-state index in [-0.39, 0.29) is 12.0 Å². The average Bonchev–Trinajstić information content (AvgIpc) is 2.76. The average molecular weight is 400 g/mol. The number of hydrogen-bond acceptors (Lipinski definition) is 6. The van der Waals surface area contributed by atoms with Gasteiger partial charge in [0.05, 0.1) is 34.0 Å². The molecule has 2 aromatic rings. The summed E-state index contributed by atoms with van der Waals surface area (Å²) < 4.78 is 20.8. The molecule has 1 aliphatic heterocycles. The van der Waals surface area contributed by atoms with Gasteiger partial charge in [0.2, 0.25) is 5.75 Å². The van der Waals surface area contributed by atoms with Gasteiger partial charge >= 0.3 is 6.09 Å². The van der Waals surface area contributed by atoms with Gasteiger partial charge in [-0.3, -0.25) is 4.79 Å². The van der Waals surface area contributed by atoms with E-state index >= 15 is 0 Å². The van der Waals surface area contributed by atoms with Gasteiger partial charge in [-0.05, 0) is 41.8 Å². The Balaban J connectivity index is 1.84. The van der Waals surface area contributed by atoms with Crippen LogP contribution in [0.3, 0.4) is 0 Å². The molecule has 1 aliphatic rings. The van der Waals surface area contributed by atoms with Crippen molar-refractivity contribution in [1.82, 2.24) is 4.90 Å². The molecule has 154 valence electrons. The first-order valence-electron chi connectivity index (χ1n) is 9.07. The van der Waals surface area contributed by atoms with Crippen molar-refractivity contribution in [2.45, 2.75) is 13.0 Å². The lowest BCUT2D eigenvalue weighted by Gasteiger charge is -2.28. The van der Waals surface area contributed by atoms with Crippen LogP contribution >= 0.6 is 0 Å². The SMILES string of the molecule is COC(=O)N1CCc2ccc(NC(=O)c3ccc(OC)c(OC)c3OC)cc2C1. The molecule has 1 N–H and O–H groups in total. The highest BCUT2D eigenvalue weighted by atomic mass is 16.5. The lowest BCUT2D eigenvalue weighted by Crippen LogP contribution is -2.35. The molecule has 29 heavy (non-hydrogen) atoms. The fourth-order valence-corrected chi connectivity index (χ4v) is 3.40. The van der Waals surface area contributed by atoms with Crippen LogP contribution in [-0.2, 0) is 17.7 Å². The summed E-state index contributed by atoms with van der Waals surface area (Å²) in [6.45, 7) is 1.04. The zero-order valence-corrected chi connectivity index (χ0v) is 16.9. The zero-order valence-electron chi connectivity index (χ0n) is 16.9. The minimum absolute atomic E-state index is 0.291. The molecule has 0 spiro atoms. The number of carbonyl (C=O) groups excluding carboxylic acids is 2. The molecule has 0 aromatic heterocycles. The highest BCUT2D eigenvalue weighted by Gasteiger charge is 2.23. The smallest absolute Gasteiger partial charge is 0.409 e. The van der Waals surface area contributed by atoms with Crippen LogP contribution in [0.4, 0.5) is 10.5 Å². The lowest BCUT2D eigenvalue weighted by atomic mass is 9.99. The van der Waals surface area contributed by atoms with Gasteiger partial charge in [0, 0.05) is 18.8 Å². The van der Waals surface area contributed by atoms with Crippen molar-refractivity contribution in [2.75, 3.05) is 40.3 Å². The second-order valence-electron chi connectivity index (χ2n) is 6.46. The van der Waals surface area contributed by atoms with Gasteiger partial charge in [-0.25, -0.2) is 4.79 Å². The molecule has 0 atom stereocenters. The summed E-state index contributed by atoms with van der Waals surface area (Å²) in [6.07, 6.45) is 0.377. The van der Waals surface area contributed by atoms with Gasteiger partial charge in [0.1, 0.15) is 0 Å². The fourth-order valence-electron chi connectivity index (χ4n) is 3.40. The van der Waals surface area contributed by atoms with E-state index < -0.39 is 0 Å². The van der Waals surface area contributed by atoms with Gasteiger partial charge in [0.15, 0.2) is 11.5 Å². The number of hydrogen-bond donors (Lipinski definition) is 1. The van der Waals surface area contributed by atoms with Crippen molar-refractivity contribution in [3.8, 4) is 17.2 Å². The van der Waals surface area contributed by atoms with Gasteiger partial charge in [0.25, 0.3) is 5.91 Å². The van der Waals surface area contributed by atoms with E-state index in [9.17, 15) is 9.59 Å². The Morgan fingerprint density at radius 2 is 1.69 bits per heavy atom. The normalized spacial score (nSPS) is 12.6. The van der Waals surface area contributed by atoms with E-state index in [2.05, 4.69) is 5.32 Å². The van der Waals surface area contributed by atoms with Crippen molar-refractivity contribution in [1.29, 1.82) is 0 Å². The number of carbonyl (C=O) groups is 2. The molecule has 2 aromatic carbocycles. The summed E-state index contributed by atoms with van der Waals surface area (Å²) >= 11 is 0. The third-order valence-electron chi connectivity index (χ3n) is 4.86. The van der Waals surface area contributed by atoms with Crippen LogP contribution in [-0.4, -0.2) is 51.9 Å². The highest BCUT2D eigenvalue weighted by molar-refractivity contribution is 6.07. The number of rotatable bonds is 5. The summed E-state index contributed by atoms with van der Waals surface area (Å²) in [5, 5.41) is 2.88. The Morgan fingerprint density at radius 1 is 0.931 bits per heavy atom. The molecule has 0 bridgehead atoms. The zero-order chi connectivity index (χ0) is 21.0. The Hall–Kier alpha value is -3.42. The van der Waals surface area contributed by atoms with Crippen LogP contribution in [0.5, 0.6) is 17.2 Å². The second-order valence-corrected chi connectivity index (χ2v) is 6.46. The predicted octanol–water partition coefficient (Wildman–Crippen LogP) is 3.09. The van der Waals surface area contributed by atoms with Crippen LogP contribution in [0.25, 0.3) is 0 Å². The molecule has 1 heterocycles. The molecular weight excluding hydrogens is 376 g/mol. The maximum absolute atomic E-state index is 12.9. The van der Waals surface area contributed by atoms with E-state index in [1.54, 1.807) is 17.0 Å². The summed E-state index contributed by atoms with van der Waals surface area (Å²) in [5.41, 5.74) is 3.06. The van der Waals surface area contributed by atoms with Gasteiger partial charge in [-0.15, -0.1) is 0 Å². The molecule has 0 unspecified atom stereocenters. The van der Waals surface area contributed by atoms with E-state index in [0.717, 1.165) is 17.5 Å². The topological polar surface area (TPSA) is 86.3 Å². The lowest BCUT2D eigenvalue weighted by molar-refractivity contribution is 0.102. The Bertz CT molecular complexity index is 928. The molecule has 8 nitrogen and oxygen atoms in total. The van der Waals surface area contributed by atoms with E-state index in [1.165, 1.54) is 28.4 Å². The molecule has 0 fully saturated rings. The number of benzene rings is 2. The largest absolute Gasteiger partial charge is 0.493 e. The van der Waals surface area contributed by atoms with Crippen molar-refractivity contribution in [2.24, 2.45) is 0 Å². The third-order valence-corrected chi connectivity index (χ3v) is 4.86. The quantitative estimate of drug-likeness (QED) is 0.830. The fraction of sp³-hybridized carbons (Fsp3) is 0.333. The van der Waals surface area contributed by atoms with Crippen LogP contribution < -0.4 is 19.5 Å². The monoisotopic (exact) mass is 400 g/mol. The number of nitrogens with one attached hydrogen (secondary N) is 1. The molecule has 0 saturated carbocycles. The van der Waals surface area contributed by atoms with Crippen molar-refractivity contribution >= 4 is 17.7 Å². The highest BCUT2D eigenvalue weighted by Crippen LogP contribution is 2.40. The first-order chi connectivity index (χ1) is 14.0. The Labute approximate surface area is 169 Å². The summed E-state index contributed by atoms with van der Waals surface area (Å²) in [5.74, 6) is 0.766. The number of methoxy groups -OCH3 is 4. The van der Waals surface area contributed by atoms with Gasteiger partial charge < -0.3 is 29.2 Å². The molecule has 8 heteroatoms. The van der Waals surface area contributed by atoms with Crippen LogP contribution in [0, 0.1) is 0 Å². The maximum atomic E-state index is 12.9. The number of ether oxygens (including phenoxy) is 4. The number of amides is 2. The summed E-state index contributed by atoms with van der Waals surface area (Å²) in [4.78, 5) is 26.3. The second kappa shape index (κ2) is 8.72. The standard InChI is InChI=1S/C21H24N2O6/c1-26-17-8-7-16(18(27-2)19(17)28-3)20(24)22-15-6-5-13-9-10-23(21(25)29-4)12-14(13)11-15/h5-8,11H,9-10,12H2,1-4H3,(H,22,24).